The number of methoxy groups -OCH3 is 1. The molecule has 44 heavy (non-hydrogen) atoms. The molecule has 0 N–H and O–H groups in total. The first-order chi connectivity index (χ1) is 21.3. The SMILES string of the molecule is COC(=O)/C=C/C(=O)N1CC(CN(C)c2nc(OC[C@@H]3CCCN3C)nc3c2CCN(c2cccc4cccc(Cl)c24)C3)C1. The summed E-state index contributed by atoms with van der Waals surface area (Å²) in [4.78, 5) is 42.2. The van der Waals surface area contributed by atoms with Gasteiger partial charge in [0.2, 0.25) is 5.91 Å². The second-order valence-corrected chi connectivity index (χ2v) is 12.4. The molecular formula is C33H39ClN6O4. The van der Waals surface area contributed by atoms with Crippen molar-refractivity contribution in [2.24, 2.45) is 5.92 Å². The Hall–Kier alpha value is -3.89. The highest BCUT2D eigenvalue weighted by molar-refractivity contribution is 6.36. The van der Waals surface area contributed by atoms with Gasteiger partial charge < -0.3 is 29.1 Å². The van der Waals surface area contributed by atoms with Crippen LogP contribution >= 0.6 is 11.6 Å². The van der Waals surface area contributed by atoms with Crippen molar-refractivity contribution in [3.8, 4) is 6.01 Å². The number of aromatic nitrogens is 2. The molecule has 0 spiro atoms. The van der Waals surface area contributed by atoms with E-state index >= 15 is 0 Å². The highest BCUT2D eigenvalue weighted by Gasteiger charge is 2.33. The van der Waals surface area contributed by atoms with Crippen LogP contribution in [0.4, 0.5) is 11.5 Å². The fourth-order valence-electron chi connectivity index (χ4n) is 6.53. The summed E-state index contributed by atoms with van der Waals surface area (Å²) in [7, 11) is 5.48. The molecule has 2 aromatic carbocycles. The van der Waals surface area contributed by atoms with Crippen molar-refractivity contribution in [3.63, 3.8) is 0 Å². The molecule has 2 fully saturated rings. The summed E-state index contributed by atoms with van der Waals surface area (Å²) >= 11 is 6.69. The van der Waals surface area contributed by atoms with Crippen LogP contribution in [0.2, 0.25) is 5.02 Å². The fourth-order valence-corrected chi connectivity index (χ4v) is 6.81. The van der Waals surface area contributed by atoms with E-state index in [0.29, 0.717) is 38.3 Å². The number of carbonyl (C=O) groups is 2. The zero-order valence-electron chi connectivity index (χ0n) is 25.5. The minimum atomic E-state index is -0.539. The van der Waals surface area contributed by atoms with E-state index in [1.165, 1.54) is 19.6 Å². The Bertz CT molecular complexity index is 1570. The molecular weight excluding hydrogens is 580 g/mol. The number of anilines is 2. The van der Waals surface area contributed by atoms with Gasteiger partial charge >= 0.3 is 12.0 Å². The summed E-state index contributed by atoms with van der Waals surface area (Å²) in [5, 5.41) is 2.91. The van der Waals surface area contributed by atoms with E-state index < -0.39 is 5.97 Å². The number of nitrogens with zero attached hydrogens (tertiary/aromatic N) is 6. The van der Waals surface area contributed by atoms with Crippen LogP contribution in [0.15, 0.2) is 48.6 Å². The maximum atomic E-state index is 12.4. The first-order valence-corrected chi connectivity index (χ1v) is 15.6. The molecule has 2 saturated heterocycles. The number of ether oxygens (including phenoxy) is 2. The predicted octanol–water partition coefficient (Wildman–Crippen LogP) is 3.94. The molecule has 11 heteroatoms. The van der Waals surface area contributed by atoms with Crippen molar-refractivity contribution in [2.75, 3.05) is 70.3 Å². The zero-order chi connectivity index (χ0) is 30.8. The summed E-state index contributed by atoms with van der Waals surface area (Å²) < 4.78 is 10.8. The van der Waals surface area contributed by atoms with E-state index in [4.69, 9.17) is 26.3 Å². The lowest BCUT2D eigenvalue weighted by Crippen LogP contribution is -2.53. The number of fused-ring (bicyclic) bond motifs is 2. The Morgan fingerprint density at radius 3 is 2.66 bits per heavy atom. The van der Waals surface area contributed by atoms with Crippen LogP contribution in [-0.4, -0.2) is 98.2 Å². The minimum Gasteiger partial charge on any atom is -0.466 e. The molecule has 1 aromatic heterocycles. The second-order valence-electron chi connectivity index (χ2n) is 12.0. The number of esters is 1. The Morgan fingerprint density at radius 2 is 1.91 bits per heavy atom. The summed E-state index contributed by atoms with van der Waals surface area (Å²) in [6.45, 7) is 5.05. The van der Waals surface area contributed by atoms with E-state index in [1.54, 1.807) is 4.90 Å². The molecule has 10 nitrogen and oxygen atoms in total. The smallest absolute Gasteiger partial charge is 0.330 e. The molecule has 1 atom stereocenters. The van der Waals surface area contributed by atoms with E-state index in [2.05, 4.69) is 57.8 Å². The lowest BCUT2D eigenvalue weighted by Gasteiger charge is -2.41. The molecule has 1 amide bonds. The van der Waals surface area contributed by atoms with E-state index in [-0.39, 0.29) is 11.8 Å². The first kappa shape index (κ1) is 30.1. The molecule has 0 saturated carbocycles. The number of benzene rings is 2. The number of rotatable bonds is 9. The predicted molar refractivity (Wildman–Crippen MR) is 171 cm³/mol. The Labute approximate surface area is 263 Å². The van der Waals surface area contributed by atoms with Crippen molar-refractivity contribution in [1.29, 1.82) is 0 Å². The standard InChI is InChI=1S/C33H39ClN6O4/c1-37-15-6-9-24(37)21-44-33-35-27-20-39(28-11-5-8-23-7-4-10-26(34)31(23)28)16-14-25(27)32(36-33)38(2)17-22-18-40(19-22)29(41)12-13-30(42)43-3/h4-5,7-8,10-13,22,24H,6,9,14-21H2,1-3H3/b13-12+/t24-/m0/s1. The molecule has 0 unspecified atom stereocenters. The molecule has 6 rings (SSSR count). The molecule has 4 heterocycles. The highest BCUT2D eigenvalue weighted by Crippen LogP contribution is 2.37. The zero-order valence-corrected chi connectivity index (χ0v) is 26.3. The number of hydrogen-bond acceptors (Lipinski definition) is 9. The second kappa shape index (κ2) is 13.0. The quantitative estimate of drug-likeness (QED) is 0.261. The summed E-state index contributed by atoms with van der Waals surface area (Å²) in [6.07, 6.45) is 5.50. The Morgan fingerprint density at radius 1 is 1.11 bits per heavy atom. The van der Waals surface area contributed by atoms with Crippen molar-refractivity contribution < 1.29 is 19.1 Å². The fraction of sp³-hybridized carbons (Fsp3) is 0.455. The molecule has 3 aromatic rings. The van der Waals surface area contributed by atoms with Crippen LogP contribution in [0.1, 0.15) is 24.1 Å². The van der Waals surface area contributed by atoms with E-state index in [1.807, 2.05) is 12.1 Å². The van der Waals surface area contributed by atoms with Gasteiger partial charge in [-0.1, -0.05) is 35.9 Å². The van der Waals surface area contributed by atoms with Crippen molar-refractivity contribution >= 4 is 45.8 Å². The van der Waals surface area contributed by atoms with E-state index in [9.17, 15) is 9.59 Å². The average molecular weight is 619 g/mol. The van der Waals surface area contributed by atoms with Crippen LogP contribution < -0.4 is 14.5 Å². The highest BCUT2D eigenvalue weighted by atomic mass is 35.5. The van der Waals surface area contributed by atoms with Gasteiger partial charge in [-0.25, -0.2) is 4.79 Å². The maximum absolute atomic E-state index is 12.4. The van der Waals surface area contributed by atoms with E-state index in [0.717, 1.165) is 77.1 Å². The number of likely N-dealkylation sites (tertiary alicyclic amines) is 2. The van der Waals surface area contributed by atoms with Crippen LogP contribution in [0.5, 0.6) is 6.01 Å². The molecule has 0 bridgehead atoms. The van der Waals surface area contributed by atoms with Crippen molar-refractivity contribution in [1.82, 2.24) is 19.8 Å². The largest absolute Gasteiger partial charge is 0.466 e. The van der Waals surface area contributed by atoms with Gasteiger partial charge in [0, 0.05) is 74.0 Å². The third-order valence-corrected chi connectivity index (χ3v) is 9.31. The van der Waals surface area contributed by atoms with Gasteiger partial charge in [-0.3, -0.25) is 4.79 Å². The van der Waals surface area contributed by atoms with Gasteiger partial charge in [-0.2, -0.15) is 9.97 Å². The molecule has 3 aliphatic heterocycles. The molecule has 3 aliphatic rings. The number of carbonyl (C=O) groups excluding carboxylic acids is 2. The monoisotopic (exact) mass is 618 g/mol. The molecule has 232 valence electrons. The van der Waals surface area contributed by atoms with Gasteiger partial charge in [0.05, 0.1) is 24.4 Å². The van der Waals surface area contributed by atoms with Crippen LogP contribution in [0.25, 0.3) is 10.8 Å². The van der Waals surface area contributed by atoms with Crippen LogP contribution in [-0.2, 0) is 27.3 Å². The number of halogens is 1. The lowest BCUT2D eigenvalue weighted by atomic mass is 9.98. The maximum Gasteiger partial charge on any atom is 0.330 e. The van der Waals surface area contributed by atoms with Gasteiger partial charge in [0.15, 0.2) is 0 Å². The number of amides is 1. The number of likely N-dealkylation sites (N-methyl/N-ethyl adjacent to an activating group) is 1. The molecule has 0 aliphatic carbocycles. The Balaban J connectivity index is 1.22. The van der Waals surface area contributed by atoms with Gasteiger partial charge in [0.1, 0.15) is 12.4 Å². The van der Waals surface area contributed by atoms with Crippen LogP contribution in [0, 0.1) is 5.92 Å². The minimum absolute atomic E-state index is 0.185. The Kier molecular flexibility index (Phi) is 8.91. The molecule has 0 radical (unpaired) electrons. The normalized spacial score (nSPS) is 18.9. The third kappa shape index (κ3) is 6.32. The van der Waals surface area contributed by atoms with Gasteiger partial charge in [-0.05, 0) is 50.4 Å². The first-order valence-electron chi connectivity index (χ1n) is 15.2. The third-order valence-electron chi connectivity index (χ3n) is 9.00. The average Bonchev–Trinajstić information content (AvgIpc) is 3.43. The van der Waals surface area contributed by atoms with Crippen molar-refractivity contribution in [2.45, 2.75) is 31.8 Å². The van der Waals surface area contributed by atoms with Gasteiger partial charge in [-0.15, -0.1) is 0 Å². The lowest BCUT2D eigenvalue weighted by molar-refractivity contribution is -0.136. The van der Waals surface area contributed by atoms with Crippen LogP contribution in [0.3, 0.4) is 0 Å². The topological polar surface area (TPSA) is 91.3 Å². The summed E-state index contributed by atoms with van der Waals surface area (Å²) in [5.74, 6) is 0.449. The van der Waals surface area contributed by atoms with Gasteiger partial charge in [0.25, 0.3) is 0 Å². The summed E-state index contributed by atoms with van der Waals surface area (Å²) in [6, 6.07) is 13.1. The number of hydrogen-bond donors (Lipinski definition) is 0. The summed E-state index contributed by atoms with van der Waals surface area (Å²) in [5.41, 5.74) is 3.20. The van der Waals surface area contributed by atoms with Crippen molar-refractivity contribution in [3.05, 3.63) is 64.8 Å².